The van der Waals surface area contributed by atoms with Gasteiger partial charge in [-0.25, -0.2) is 0 Å². The van der Waals surface area contributed by atoms with Crippen LogP contribution >= 0.6 is 12.4 Å². The van der Waals surface area contributed by atoms with Gasteiger partial charge >= 0.3 is 0 Å². The summed E-state index contributed by atoms with van der Waals surface area (Å²) in [5.41, 5.74) is 7.51. The van der Waals surface area contributed by atoms with Gasteiger partial charge in [-0.2, -0.15) is 0 Å². The fourth-order valence-corrected chi connectivity index (χ4v) is 1.32. The predicted octanol–water partition coefficient (Wildman–Crippen LogP) is 1.39. The van der Waals surface area contributed by atoms with Crippen molar-refractivity contribution in [2.45, 2.75) is 26.4 Å². The van der Waals surface area contributed by atoms with Crippen molar-refractivity contribution in [3.05, 3.63) is 29.3 Å². The van der Waals surface area contributed by atoms with Crippen LogP contribution in [0.4, 0.5) is 0 Å². The highest BCUT2D eigenvalue weighted by Crippen LogP contribution is 2.18. The molecule has 0 aliphatic heterocycles. The van der Waals surface area contributed by atoms with Gasteiger partial charge in [0.05, 0.1) is 13.2 Å². The highest BCUT2D eigenvalue weighted by atomic mass is 35.5. The number of benzene rings is 1. The largest absolute Gasteiger partial charge is 0.496 e. The third-order valence-electron chi connectivity index (χ3n) is 2.35. The minimum Gasteiger partial charge on any atom is -0.496 e. The Hall–Kier alpha value is -1.26. The summed E-state index contributed by atoms with van der Waals surface area (Å²) in [4.78, 5) is 11.3. The summed E-state index contributed by atoms with van der Waals surface area (Å²) in [5, 5.41) is 2.75. The van der Waals surface area contributed by atoms with Crippen LogP contribution in [0.5, 0.6) is 5.75 Å². The molecule has 0 heterocycles. The summed E-state index contributed by atoms with van der Waals surface area (Å²) in [5.74, 6) is 0.673. The normalized spacial score (nSPS) is 11.3. The summed E-state index contributed by atoms with van der Waals surface area (Å²) in [6.45, 7) is 4.10. The number of carbonyl (C=O) groups is 1. The van der Waals surface area contributed by atoms with Crippen LogP contribution in [0, 0.1) is 6.92 Å². The number of rotatable bonds is 4. The van der Waals surface area contributed by atoms with Crippen LogP contribution in [0.15, 0.2) is 18.2 Å². The Bertz CT molecular complexity index is 381. The molecule has 0 saturated heterocycles. The maximum Gasteiger partial charge on any atom is 0.236 e. The van der Waals surface area contributed by atoms with Gasteiger partial charge in [-0.15, -0.1) is 12.4 Å². The van der Waals surface area contributed by atoms with E-state index in [2.05, 4.69) is 5.32 Å². The van der Waals surface area contributed by atoms with Gasteiger partial charge in [-0.3, -0.25) is 4.79 Å². The molecule has 3 N–H and O–H groups in total. The van der Waals surface area contributed by atoms with Crippen molar-refractivity contribution in [3.63, 3.8) is 0 Å². The maximum absolute atomic E-state index is 11.3. The van der Waals surface area contributed by atoms with Crippen LogP contribution in [0.3, 0.4) is 0 Å². The van der Waals surface area contributed by atoms with Crippen LogP contribution in [-0.4, -0.2) is 19.1 Å². The SMILES string of the molecule is COc1cc(CNC(=O)[C@H](C)N)ccc1C.Cl. The van der Waals surface area contributed by atoms with Gasteiger partial charge in [-0.05, 0) is 31.0 Å². The second-order valence-corrected chi connectivity index (χ2v) is 3.81. The highest BCUT2D eigenvalue weighted by Gasteiger charge is 2.07. The molecule has 0 aliphatic carbocycles. The van der Waals surface area contributed by atoms with Gasteiger partial charge in [-0.1, -0.05) is 12.1 Å². The number of methoxy groups -OCH3 is 1. The molecular weight excluding hydrogens is 240 g/mol. The summed E-state index contributed by atoms with van der Waals surface area (Å²) in [7, 11) is 1.63. The van der Waals surface area contributed by atoms with Crippen LogP contribution in [0.25, 0.3) is 0 Å². The van der Waals surface area contributed by atoms with E-state index in [0.717, 1.165) is 16.9 Å². The molecule has 0 fully saturated rings. The molecule has 5 heteroatoms. The van der Waals surface area contributed by atoms with Crippen molar-refractivity contribution in [2.24, 2.45) is 5.73 Å². The van der Waals surface area contributed by atoms with Gasteiger partial charge in [0.15, 0.2) is 0 Å². The number of ether oxygens (including phenoxy) is 1. The molecule has 1 aromatic rings. The molecule has 1 atom stereocenters. The minimum absolute atomic E-state index is 0. The second-order valence-electron chi connectivity index (χ2n) is 3.81. The zero-order chi connectivity index (χ0) is 12.1. The monoisotopic (exact) mass is 258 g/mol. The van der Waals surface area contributed by atoms with Crippen molar-refractivity contribution in [3.8, 4) is 5.75 Å². The van der Waals surface area contributed by atoms with Crippen LogP contribution in [0.1, 0.15) is 18.1 Å². The van der Waals surface area contributed by atoms with Crippen LogP contribution < -0.4 is 15.8 Å². The third kappa shape index (κ3) is 4.63. The molecule has 1 aromatic carbocycles. The number of hydrogen-bond donors (Lipinski definition) is 2. The summed E-state index contributed by atoms with van der Waals surface area (Å²) in [6, 6.07) is 5.36. The zero-order valence-electron chi connectivity index (χ0n) is 10.3. The molecule has 17 heavy (non-hydrogen) atoms. The first kappa shape index (κ1) is 15.7. The molecule has 96 valence electrons. The molecule has 0 spiro atoms. The first-order valence-corrected chi connectivity index (χ1v) is 5.21. The van der Waals surface area contributed by atoms with E-state index < -0.39 is 6.04 Å². The van der Waals surface area contributed by atoms with Crippen molar-refractivity contribution < 1.29 is 9.53 Å². The van der Waals surface area contributed by atoms with Gasteiger partial charge in [0.25, 0.3) is 0 Å². The van der Waals surface area contributed by atoms with Gasteiger partial charge in [0.1, 0.15) is 5.75 Å². The average Bonchev–Trinajstić information content (AvgIpc) is 2.27. The van der Waals surface area contributed by atoms with E-state index in [0.29, 0.717) is 6.54 Å². The van der Waals surface area contributed by atoms with Crippen molar-refractivity contribution in [1.29, 1.82) is 0 Å². The lowest BCUT2D eigenvalue weighted by Crippen LogP contribution is -2.37. The van der Waals surface area contributed by atoms with Crippen molar-refractivity contribution >= 4 is 18.3 Å². The Kier molecular flexibility index (Phi) is 6.61. The van der Waals surface area contributed by atoms with Gasteiger partial charge < -0.3 is 15.8 Å². The van der Waals surface area contributed by atoms with Crippen LogP contribution in [0.2, 0.25) is 0 Å². The number of aryl methyl sites for hydroxylation is 1. The lowest BCUT2D eigenvalue weighted by atomic mass is 10.1. The first-order valence-electron chi connectivity index (χ1n) is 5.21. The zero-order valence-corrected chi connectivity index (χ0v) is 11.1. The fourth-order valence-electron chi connectivity index (χ4n) is 1.32. The Morgan fingerprint density at radius 2 is 2.18 bits per heavy atom. The van der Waals surface area contributed by atoms with E-state index in [-0.39, 0.29) is 18.3 Å². The topological polar surface area (TPSA) is 64.3 Å². The standard InChI is InChI=1S/C12H18N2O2.ClH/c1-8-4-5-10(6-11(8)16-3)7-14-12(15)9(2)13;/h4-6,9H,7,13H2,1-3H3,(H,14,15);1H/t9-;/m0./s1. The van der Waals surface area contributed by atoms with E-state index in [1.165, 1.54) is 0 Å². The van der Waals surface area contributed by atoms with Crippen molar-refractivity contribution in [1.82, 2.24) is 5.32 Å². The number of carbonyl (C=O) groups excluding carboxylic acids is 1. The van der Waals surface area contributed by atoms with E-state index >= 15 is 0 Å². The Balaban J connectivity index is 0.00000256. The third-order valence-corrected chi connectivity index (χ3v) is 2.35. The number of nitrogens with two attached hydrogens (primary N) is 1. The van der Waals surface area contributed by atoms with Crippen LogP contribution in [-0.2, 0) is 11.3 Å². The summed E-state index contributed by atoms with van der Waals surface area (Å²) >= 11 is 0. The number of nitrogens with one attached hydrogen (secondary N) is 1. The number of hydrogen-bond acceptors (Lipinski definition) is 3. The van der Waals surface area contributed by atoms with E-state index in [9.17, 15) is 4.79 Å². The van der Waals surface area contributed by atoms with Crippen molar-refractivity contribution in [2.75, 3.05) is 7.11 Å². The molecule has 0 saturated carbocycles. The molecule has 0 bridgehead atoms. The Morgan fingerprint density at radius 1 is 1.53 bits per heavy atom. The fraction of sp³-hybridized carbons (Fsp3) is 0.417. The van der Waals surface area contributed by atoms with Gasteiger partial charge in [0, 0.05) is 6.54 Å². The molecule has 4 nitrogen and oxygen atoms in total. The second kappa shape index (κ2) is 7.14. The Labute approximate surface area is 108 Å². The van der Waals surface area contributed by atoms with E-state index in [4.69, 9.17) is 10.5 Å². The molecule has 0 radical (unpaired) electrons. The number of amides is 1. The molecule has 1 rings (SSSR count). The lowest BCUT2D eigenvalue weighted by molar-refractivity contribution is -0.122. The predicted molar refractivity (Wildman–Crippen MR) is 70.5 cm³/mol. The molecule has 0 aromatic heterocycles. The smallest absolute Gasteiger partial charge is 0.236 e. The lowest BCUT2D eigenvalue weighted by Gasteiger charge is -2.10. The van der Waals surface area contributed by atoms with Gasteiger partial charge in [0.2, 0.25) is 5.91 Å². The highest BCUT2D eigenvalue weighted by molar-refractivity contribution is 5.85. The molecule has 0 unspecified atom stereocenters. The molecule has 0 aliphatic rings. The van der Waals surface area contributed by atoms with E-state index in [1.807, 2.05) is 25.1 Å². The quantitative estimate of drug-likeness (QED) is 0.858. The average molecular weight is 259 g/mol. The molecular formula is C12H19ClN2O2. The summed E-state index contributed by atoms with van der Waals surface area (Å²) in [6.07, 6.45) is 0. The minimum atomic E-state index is -0.479. The Morgan fingerprint density at radius 3 is 2.71 bits per heavy atom. The number of halogens is 1. The molecule has 1 amide bonds. The van der Waals surface area contributed by atoms with E-state index in [1.54, 1.807) is 14.0 Å². The summed E-state index contributed by atoms with van der Waals surface area (Å²) < 4.78 is 5.20. The maximum atomic E-state index is 11.3. The first-order chi connectivity index (χ1) is 7.54.